The Hall–Kier alpha value is -1.49. The third-order valence-corrected chi connectivity index (χ3v) is 4.43. The van der Waals surface area contributed by atoms with Crippen LogP contribution >= 0.6 is 0 Å². The molecule has 0 amide bonds. The first kappa shape index (κ1) is 15.9. The molecule has 1 aromatic rings. The maximum absolute atomic E-state index is 12.8. The zero-order valence-corrected chi connectivity index (χ0v) is 13.3. The van der Waals surface area contributed by atoms with Crippen LogP contribution in [-0.2, 0) is 21.2 Å². The summed E-state index contributed by atoms with van der Waals surface area (Å²) in [5.41, 5.74) is 1.34. The first-order chi connectivity index (χ1) is 9.62. The van der Waals surface area contributed by atoms with Gasteiger partial charge in [0.15, 0.2) is 0 Å². The zero-order valence-electron chi connectivity index (χ0n) is 12.5. The lowest BCUT2D eigenvalue weighted by Gasteiger charge is -2.26. The highest BCUT2D eigenvalue weighted by molar-refractivity contribution is 7.86. The normalized spacial score (nSPS) is 21.9. The largest absolute Gasteiger partial charge is 0.302 e. The fourth-order valence-corrected chi connectivity index (χ4v) is 2.98. The molecule has 1 unspecified atom stereocenters. The first-order valence-electron chi connectivity index (χ1n) is 6.89. The Morgan fingerprint density at radius 2 is 1.81 bits per heavy atom. The van der Waals surface area contributed by atoms with Crippen LogP contribution in [-0.4, -0.2) is 20.4 Å². The van der Waals surface area contributed by atoms with E-state index < -0.39 is 21.5 Å². The summed E-state index contributed by atoms with van der Waals surface area (Å²) >= 11 is 0. The molecule has 0 radical (unpaired) electrons. The summed E-state index contributed by atoms with van der Waals surface area (Å²) < 4.78 is 34.5. The molecule has 0 aromatic heterocycles. The van der Waals surface area contributed by atoms with E-state index in [1.807, 2.05) is 30.3 Å². The molecule has 0 bridgehead atoms. The van der Waals surface area contributed by atoms with Gasteiger partial charge in [0.1, 0.15) is 5.54 Å². The van der Waals surface area contributed by atoms with Crippen molar-refractivity contribution in [3.63, 3.8) is 0 Å². The fourth-order valence-electron chi connectivity index (χ4n) is 2.42. The van der Waals surface area contributed by atoms with Gasteiger partial charge in [-0.3, -0.25) is 4.99 Å². The number of halogens is 1. The van der Waals surface area contributed by atoms with E-state index in [0.717, 1.165) is 5.56 Å². The minimum atomic E-state index is -4.50. The predicted octanol–water partition coefficient (Wildman–Crippen LogP) is 3.51. The predicted molar refractivity (Wildman–Crippen MR) is 84.0 cm³/mol. The second-order valence-corrected chi connectivity index (χ2v) is 7.87. The number of rotatable bonds is 4. The van der Waals surface area contributed by atoms with E-state index in [9.17, 15) is 12.3 Å². The lowest BCUT2D eigenvalue weighted by molar-refractivity contribution is 0.516. The Balaban J connectivity index is 2.31. The van der Waals surface area contributed by atoms with Crippen molar-refractivity contribution in [2.75, 3.05) is 5.75 Å². The molecule has 0 N–H and O–H groups in total. The van der Waals surface area contributed by atoms with Crippen molar-refractivity contribution in [1.29, 1.82) is 0 Å². The third kappa shape index (κ3) is 3.79. The molecule has 0 saturated carbocycles. The number of allylic oxidation sites excluding steroid dienone is 1. The highest BCUT2D eigenvalue weighted by Crippen LogP contribution is 2.35. The molecule has 1 aliphatic heterocycles. The summed E-state index contributed by atoms with van der Waals surface area (Å²) in [6.07, 6.45) is 5.32. The second kappa shape index (κ2) is 5.37. The molecule has 0 fully saturated rings. The average molecular weight is 309 g/mol. The second-order valence-electron chi connectivity index (χ2n) is 6.38. The molecular formula is C16H20FNO2S. The molecule has 0 aliphatic carbocycles. The molecule has 114 valence electrons. The third-order valence-electron chi connectivity index (χ3n) is 3.74. The van der Waals surface area contributed by atoms with Crippen LogP contribution in [0.25, 0.3) is 0 Å². The molecule has 1 heterocycles. The highest BCUT2D eigenvalue weighted by Gasteiger charge is 2.32. The number of nitrogens with zero attached hydrogens (tertiary/aromatic N) is 1. The average Bonchev–Trinajstić information content (AvgIpc) is 2.85. The van der Waals surface area contributed by atoms with Crippen molar-refractivity contribution >= 4 is 16.4 Å². The van der Waals surface area contributed by atoms with Crippen molar-refractivity contribution < 1.29 is 12.3 Å². The molecular weight excluding hydrogens is 289 g/mol. The Labute approximate surface area is 125 Å². The standard InChI is InChI=1S/C16H20FNO2S/c1-15(2,3)13-5-7-14(8-6-13)16(9-4-11-18-16)10-12-21(17,19)20/h4-9,11H,10,12H2,1-3H3. The Kier molecular flexibility index (Phi) is 4.06. The number of benzene rings is 1. The quantitative estimate of drug-likeness (QED) is 0.799. The summed E-state index contributed by atoms with van der Waals surface area (Å²) in [5, 5.41) is 0. The van der Waals surface area contributed by atoms with Crippen LogP contribution in [0.1, 0.15) is 38.3 Å². The summed E-state index contributed by atoms with van der Waals surface area (Å²) in [4.78, 5) is 4.37. The SMILES string of the molecule is CC(C)(C)c1ccc(C2(CCS(=O)(=O)F)C=CC=N2)cc1. The van der Waals surface area contributed by atoms with E-state index in [1.54, 1.807) is 12.3 Å². The Morgan fingerprint density at radius 1 is 1.19 bits per heavy atom. The summed E-state index contributed by atoms with van der Waals surface area (Å²) in [7, 11) is -4.50. The van der Waals surface area contributed by atoms with Gasteiger partial charge in [-0.05, 0) is 29.0 Å². The maximum atomic E-state index is 12.8. The van der Waals surface area contributed by atoms with Crippen molar-refractivity contribution in [1.82, 2.24) is 0 Å². The van der Waals surface area contributed by atoms with Gasteiger partial charge in [0, 0.05) is 6.21 Å². The van der Waals surface area contributed by atoms with Gasteiger partial charge in [0.25, 0.3) is 0 Å². The lowest BCUT2D eigenvalue weighted by Crippen LogP contribution is -2.23. The number of hydrogen-bond acceptors (Lipinski definition) is 3. The van der Waals surface area contributed by atoms with E-state index >= 15 is 0 Å². The molecule has 21 heavy (non-hydrogen) atoms. The van der Waals surface area contributed by atoms with E-state index in [-0.39, 0.29) is 11.8 Å². The minimum Gasteiger partial charge on any atom is -0.278 e. The molecule has 1 atom stereocenters. The summed E-state index contributed by atoms with van der Waals surface area (Å²) in [6, 6.07) is 7.92. The molecule has 2 rings (SSSR count). The van der Waals surface area contributed by atoms with Crippen molar-refractivity contribution in [2.45, 2.75) is 38.1 Å². The maximum Gasteiger partial charge on any atom is 0.302 e. The summed E-state index contributed by atoms with van der Waals surface area (Å²) in [5.74, 6) is -0.532. The fraction of sp³-hybridized carbons (Fsp3) is 0.438. The van der Waals surface area contributed by atoms with E-state index in [1.165, 1.54) is 5.56 Å². The van der Waals surface area contributed by atoms with Crippen molar-refractivity contribution in [2.24, 2.45) is 4.99 Å². The summed E-state index contributed by atoms with van der Waals surface area (Å²) in [6.45, 7) is 6.38. The topological polar surface area (TPSA) is 46.5 Å². The van der Waals surface area contributed by atoms with Gasteiger partial charge in [-0.2, -0.15) is 8.42 Å². The van der Waals surface area contributed by atoms with Crippen LogP contribution in [0.3, 0.4) is 0 Å². The van der Waals surface area contributed by atoms with Crippen molar-refractivity contribution in [3.05, 3.63) is 47.5 Å². The van der Waals surface area contributed by atoms with Crippen LogP contribution in [0.2, 0.25) is 0 Å². The zero-order chi connectivity index (χ0) is 15.7. The van der Waals surface area contributed by atoms with Crippen molar-refractivity contribution in [3.8, 4) is 0 Å². The van der Waals surface area contributed by atoms with E-state index in [4.69, 9.17) is 0 Å². The van der Waals surface area contributed by atoms with Crippen LogP contribution < -0.4 is 0 Å². The Bertz CT molecular complexity index is 655. The monoisotopic (exact) mass is 309 g/mol. The lowest BCUT2D eigenvalue weighted by atomic mass is 9.83. The molecule has 5 heteroatoms. The highest BCUT2D eigenvalue weighted by atomic mass is 32.3. The molecule has 0 spiro atoms. The van der Waals surface area contributed by atoms with Crippen LogP contribution in [0.4, 0.5) is 3.89 Å². The molecule has 0 saturated heterocycles. The smallest absolute Gasteiger partial charge is 0.278 e. The van der Waals surface area contributed by atoms with Crippen LogP contribution in [0.5, 0.6) is 0 Å². The minimum absolute atomic E-state index is 0.0444. The van der Waals surface area contributed by atoms with Crippen LogP contribution in [0.15, 0.2) is 41.4 Å². The van der Waals surface area contributed by atoms with Gasteiger partial charge in [-0.15, -0.1) is 3.89 Å². The van der Waals surface area contributed by atoms with Gasteiger partial charge in [-0.25, -0.2) is 0 Å². The van der Waals surface area contributed by atoms with Crippen LogP contribution in [0, 0.1) is 0 Å². The first-order valence-corrected chi connectivity index (χ1v) is 8.44. The van der Waals surface area contributed by atoms with Gasteiger partial charge in [0.05, 0.1) is 5.75 Å². The molecule has 1 aliphatic rings. The molecule has 1 aromatic carbocycles. The van der Waals surface area contributed by atoms with Gasteiger partial charge in [0.2, 0.25) is 0 Å². The number of aliphatic imine (C=N–C) groups is 1. The van der Waals surface area contributed by atoms with Gasteiger partial charge in [-0.1, -0.05) is 51.1 Å². The van der Waals surface area contributed by atoms with E-state index in [2.05, 4.69) is 25.8 Å². The van der Waals surface area contributed by atoms with Gasteiger partial charge < -0.3 is 0 Å². The van der Waals surface area contributed by atoms with Gasteiger partial charge >= 0.3 is 10.2 Å². The Morgan fingerprint density at radius 3 is 2.24 bits per heavy atom. The number of hydrogen-bond donors (Lipinski definition) is 0. The van der Waals surface area contributed by atoms with E-state index in [0.29, 0.717) is 0 Å². The molecule has 3 nitrogen and oxygen atoms in total.